The van der Waals surface area contributed by atoms with Gasteiger partial charge in [-0.05, 0) is 32.1 Å². The third kappa shape index (κ3) is 3.01. The summed E-state index contributed by atoms with van der Waals surface area (Å²) in [6.07, 6.45) is 1.39. The van der Waals surface area contributed by atoms with E-state index in [0.717, 1.165) is 25.2 Å². The highest BCUT2D eigenvalue weighted by Gasteiger charge is 2.34. The molecule has 1 aliphatic rings. The molecule has 4 heteroatoms. The largest absolute Gasteiger partial charge is 0.374 e. The van der Waals surface area contributed by atoms with E-state index in [2.05, 4.69) is 24.8 Å². The maximum Gasteiger partial charge on any atom is 0.134 e. The van der Waals surface area contributed by atoms with Gasteiger partial charge in [-0.3, -0.25) is 0 Å². The molecule has 0 aliphatic heterocycles. The molecule has 0 amide bonds. The van der Waals surface area contributed by atoms with Crippen LogP contribution in [0.2, 0.25) is 0 Å². The van der Waals surface area contributed by atoms with Crippen LogP contribution < -0.4 is 0 Å². The first kappa shape index (κ1) is 15.8. The highest BCUT2D eigenvalue weighted by molar-refractivity contribution is 5.57. The molecular formula is C16H20N4. The van der Waals surface area contributed by atoms with Crippen molar-refractivity contribution in [3.8, 4) is 18.2 Å². The number of hydrogen-bond acceptors (Lipinski definition) is 4. The Morgan fingerprint density at radius 1 is 1.10 bits per heavy atom. The fourth-order valence-corrected chi connectivity index (χ4v) is 2.73. The number of nitriles is 3. The van der Waals surface area contributed by atoms with Crippen LogP contribution in [-0.2, 0) is 0 Å². The lowest BCUT2D eigenvalue weighted by Gasteiger charge is -2.38. The van der Waals surface area contributed by atoms with Gasteiger partial charge in [0.2, 0.25) is 0 Å². The average molecular weight is 268 g/mol. The van der Waals surface area contributed by atoms with E-state index in [4.69, 9.17) is 10.5 Å². The van der Waals surface area contributed by atoms with E-state index in [0.29, 0.717) is 17.6 Å². The molecule has 0 N–H and O–H groups in total. The van der Waals surface area contributed by atoms with E-state index in [1.54, 1.807) is 0 Å². The van der Waals surface area contributed by atoms with Crippen LogP contribution in [0.25, 0.3) is 0 Å². The van der Waals surface area contributed by atoms with Crippen molar-refractivity contribution in [2.45, 2.75) is 40.5 Å². The summed E-state index contributed by atoms with van der Waals surface area (Å²) in [5.74, 6) is 0. The SMILES string of the molecule is CCN(CC)C1=C(C#N)C(=C(C#N)C#N)CC(C)(C)C1. The van der Waals surface area contributed by atoms with Crippen molar-refractivity contribution in [1.29, 1.82) is 15.8 Å². The Labute approximate surface area is 121 Å². The summed E-state index contributed by atoms with van der Waals surface area (Å²) in [5.41, 5.74) is 2.11. The maximum atomic E-state index is 9.49. The summed E-state index contributed by atoms with van der Waals surface area (Å²) in [7, 11) is 0. The molecule has 0 aromatic rings. The van der Waals surface area contributed by atoms with Gasteiger partial charge in [0.1, 0.15) is 23.8 Å². The normalized spacial score (nSPS) is 16.9. The van der Waals surface area contributed by atoms with E-state index in [9.17, 15) is 5.26 Å². The second-order valence-electron chi connectivity index (χ2n) is 5.70. The van der Waals surface area contributed by atoms with Crippen LogP contribution in [0.15, 0.2) is 22.4 Å². The molecule has 0 heterocycles. The first-order valence-corrected chi connectivity index (χ1v) is 6.86. The number of allylic oxidation sites excluding steroid dienone is 4. The maximum absolute atomic E-state index is 9.49. The van der Waals surface area contributed by atoms with Gasteiger partial charge < -0.3 is 4.90 Å². The van der Waals surface area contributed by atoms with Gasteiger partial charge in [-0.25, -0.2) is 0 Å². The predicted octanol–water partition coefficient (Wildman–Crippen LogP) is 3.27. The van der Waals surface area contributed by atoms with Crippen molar-refractivity contribution in [2.75, 3.05) is 13.1 Å². The van der Waals surface area contributed by atoms with Gasteiger partial charge in [-0.2, -0.15) is 15.8 Å². The third-order valence-electron chi connectivity index (χ3n) is 3.67. The minimum atomic E-state index is -0.0491. The molecule has 104 valence electrons. The van der Waals surface area contributed by atoms with Crippen LogP contribution in [0.5, 0.6) is 0 Å². The zero-order valence-corrected chi connectivity index (χ0v) is 12.6. The quantitative estimate of drug-likeness (QED) is 0.736. The fourth-order valence-electron chi connectivity index (χ4n) is 2.73. The van der Waals surface area contributed by atoms with Crippen LogP contribution in [0.1, 0.15) is 40.5 Å². The summed E-state index contributed by atoms with van der Waals surface area (Å²) < 4.78 is 0. The van der Waals surface area contributed by atoms with Gasteiger partial charge in [0.05, 0.1) is 5.57 Å². The Morgan fingerprint density at radius 2 is 1.65 bits per heavy atom. The Kier molecular flexibility index (Phi) is 4.95. The standard InChI is InChI=1S/C16H20N4/c1-5-20(6-2)15-8-16(3,4)7-13(14(15)11-19)12(9-17)10-18/h5-8H2,1-4H3. The third-order valence-corrected chi connectivity index (χ3v) is 3.67. The van der Waals surface area contributed by atoms with Gasteiger partial charge in [0.25, 0.3) is 0 Å². The van der Waals surface area contributed by atoms with Crippen molar-refractivity contribution in [3.63, 3.8) is 0 Å². The fraction of sp³-hybridized carbons (Fsp3) is 0.562. The molecule has 0 saturated carbocycles. The minimum absolute atomic E-state index is 0.0491. The summed E-state index contributed by atoms with van der Waals surface area (Å²) in [5, 5.41) is 27.7. The smallest absolute Gasteiger partial charge is 0.134 e. The molecule has 1 aliphatic carbocycles. The van der Waals surface area contributed by atoms with Gasteiger partial charge in [-0.15, -0.1) is 0 Å². The highest BCUT2D eigenvalue weighted by Crippen LogP contribution is 2.43. The van der Waals surface area contributed by atoms with E-state index >= 15 is 0 Å². The second kappa shape index (κ2) is 6.27. The number of hydrogen-bond donors (Lipinski definition) is 0. The zero-order chi connectivity index (χ0) is 15.3. The van der Waals surface area contributed by atoms with Crippen molar-refractivity contribution >= 4 is 0 Å². The Hall–Kier alpha value is -2.25. The molecule has 0 aromatic heterocycles. The van der Waals surface area contributed by atoms with E-state index in [1.165, 1.54) is 0 Å². The van der Waals surface area contributed by atoms with Crippen molar-refractivity contribution in [2.24, 2.45) is 5.41 Å². The molecule has 0 unspecified atom stereocenters. The molecular weight excluding hydrogens is 248 g/mol. The first-order valence-electron chi connectivity index (χ1n) is 6.86. The molecule has 0 aromatic carbocycles. The van der Waals surface area contributed by atoms with Crippen molar-refractivity contribution in [1.82, 2.24) is 4.90 Å². The summed E-state index contributed by atoms with van der Waals surface area (Å²) in [6, 6.07) is 6.09. The van der Waals surface area contributed by atoms with E-state index in [1.807, 2.05) is 26.0 Å². The van der Waals surface area contributed by atoms with Crippen LogP contribution in [0.4, 0.5) is 0 Å². The van der Waals surface area contributed by atoms with E-state index < -0.39 is 0 Å². The lowest BCUT2D eigenvalue weighted by Crippen LogP contribution is -2.31. The summed E-state index contributed by atoms with van der Waals surface area (Å²) in [4.78, 5) is 2.14. The van der Waals surface area contributed by atoms with Crippen LogP contribution in [-0.4, -0.2) is 18.0 Å². The predicted molar refractivity (Wildman–Crippen MR) is 76.8 cm³/mol. The van der Waals surface area contributed by atoms with Crippen LogP contribution in [0, 0.1) is 39.4 Å². The van der Waals surface area contributed by atoms with E-state index in [-0.39, 0.29) is 11.0 Å². The molecule has 0 spiro atoms. The van der Waals surface area contributed by atoms with Crippen molar-refractivity contribution in [3.05, 3.63) is 22.4 Å². The first-order chi connectivity index (χ1) is 9.43. The molecule has 0 radical (unpaired) electrons. The Balaban J connectivity index is 3.59. The van der Waals surface area contributed by atoms with Crippen molar-refractivity contribution < 1.29 is 0 Å². The van der Waals surface area contributed by atoms with Gasteiger partial charge >= 0.3 is 0 Å². The lowest BCUT2D eigenvalue weighted by molar-refractivity contribution is 0.274. The van der Waals surface area contributed by atoms with Gasteiger partial charge in [0, 0.05) is 24.4 Å². The molecule has 0 fully saturated rings. The Bertz CT molecular complexity index is 553. The monoisotopic (exact) mass is 268 g/mol. The highest BCUT2D eigenvalue weighted by atomic mass is 15.1. The molecule has 0 saturated heterocycles. The topological polar surface area (TPSA) is 74.6 Å². The van der Waals surface area contributed by atoms with Gasteiger partial charge in [0.15, 0.2) is 0 Å². The molecule has 1 rings (SSSR count). The zero-order valence-electron chi connectivity index (χ0n) is 12.6. The van der Waals surface area contributed by atoms with Crippen LogP contribution in [0.3, 0.4) is 0 Å². The molecule has 0 atom stereocenters. The molecule has 4 nitrogen and oxygen atoms in total. The minimum Gasteiger partial charge on any atom is -0.374 e. The summed E-state index contributed by atoms with van der Waals surface area (Å²) in [6.45, 7) is 9.94. The molecule has 0 bridgehead atoms. The number of rotatable bonds is 3. The number of nitrogens with zero attached hydrogens (tertiary/aromatic N) is 4. The summed E-state index contributed by atoms with van der Waals surface area (Å²) >= 11 is 0. The molecule has 20 heavy (non-hydrogen) atoms. The average Bonchev–Trinajstić information content (AvgIpc) is 2.40. The van der Waals surface area contributed by atoms with Gasteiger partial charge in [-0.1, -0.05) is 13.8 Å². The van der Waals surface area contributed by atoms with Crippen LogP contribution >= 0.6 is 0 Å². The lowest BCUT2D eigenvalue weighted by atomic mass is 9.72. The second-order valence-corrected chi connectivity index (χ2v) is 5.70. The Morgan fingerprint density at radius 3 is 2.05 bits per heavy atom.